The molecular weight excluding hydrogens is 306 g/mol. The molecule has 0 spiro atoms. The number of nitro groups is 1. The number of nitro benzene ring substituents is 1. The number of aryl methyl sites for hydroxylation is 2. The quantitative estimate of drug-likeness (QED) is 0.636. The van der Waals surface area contributed by atoms with E-state index in [-0.39, 0.29) is 16.3 Å². The van der Waals surface area contributed by atoms with E-state index in [1.807, 2.05) is 26.0 Å². The van der Waals surface area contributed by atoms with Gasteiger partial charge in [-0.15, -0.1) is 0 Å². The summed E-state index contributed by atoms with van der Waals surface area (Å²) in [6, 6.07) is 9.13. The van der Waals surface area contributed by atoms with Crippen LogP contribution in [0.25, 0.3) is 0 Å². The molecule has 0 aliphatic heterocycles. The van der Waals surface area contributed by atoms with Gasteiger partial charge in [0.05, 0.1) is 9.82 Å². The summed E-state index contributed by atoms with van der Waals surface area (Å²) in [4.78, 5) is 10.4. The molecule has 0 unspecified atom stereocenters. The molecule has 0 bridgehead atoms. The molecule has 0 aliphatic rings. The van der Waals surface area contributed by atoms with Gasteiger partial charge in [-0.1, -0.05) is 12.1 Å². The molecule has 0 atom stereocenters. The highest BCUT2D eigenvalue weighted by molar-refractivity contribution is 7.90. The van der Waals surface area contributed by atoms with Gasteiger partial charge in [0, 0.05) is 12.3 Å². The highest BCUT2D eigenvalue weighted by atomic mass is 32.2. The molecule has 116 valence electrons. The number of ether oxygens (including phenoxy) is 1. The van der Waals surface area contributed by atoms with Crippen LogP contribution >= 0.6 is 0 Å². The largest absolute Gasteiger partial charge is 0.450 e. The zero-order valence-electron chi connectivity index (χ0n) is 12.4. The number of benzene rings is 2. The van der Waals surface area contributed by atoms with E-state index >= 15 is 0 Å². The van der Waals surface area contributed by atoms with Crippen LogP contribution in [-0.2, 0) is 9.84 Å². The van der Waals surface area contributed by atoms with Crippen LogP contribution in [0.1, 0.15) is 11.1 Å². The van der Waals surface area contributed by atoms with Crippen LogP contribution in [-0.4, -0.2) is 19.6 Å². The van der Waals surface area contributed by atoms with Crippen molar-refractivity contribution < 1.29 is 18.1 Å². The van der Waals surface area contributed by atoms with Crippen LogP contribution in [0.2, 0.25) is 0 Å². The average Bonchev–Trinajstić information content (AvgIpc) is 2.42. The molecule has 0 saturated carbocycles. The van der Waals surface area contributed by atoms with E-state index in [1.54, 1.807) is 6.07 Å². The number of nitrogens with zero attached hydrogens (tertiary/aromatic N) is 1. The Morgan fingerprint density at radius 1 is 1.05 bits per heavy atom. The third-order valence-electron chi connectivity index (χ3n) is 3.12. The summed E-state index contributed by atoms with van der Waals surface area (Å²) in [6.45, 7) is 3.71. The van der Waals surface area contributed by atoms with Gasteiger partial charge in [0.2, 0.25) is 5.75 Å². The highest BCUT2D eigenvalue weighted by Crippen LogP contribution is 2.34. The van der Waals surface area contributed by atoms with Crippen molar-refractivity contribution in [2.24, 2.45) is 0 Å². The van der Waals surface area contributed by atoms with Gasteiger partial charge in [-0.3, -0.25) is 10.1 Å². The van der Waals surface area contributed by atoms with Crippen molar-refractivity contribution >= 4 is 15.5 Å². The molecule has 0 aliphatic carbocycles. The predicted octanol–water partition coefficient (Wildman–Crippen LogP) is 3.41. The number of rotatable bonds is 4. The first-order chi connectivity index (χ1) is 10.2. The maximum absolute atomic E-state index is 11.5. The van der Waals surface area contributed by atoms with Crippen molar-refractivity contribution in [1.82, 2.24) is 0 Å². The van der Waals surface area contributed by atoms with E-state index in [2.05, 4.69) is 0 Å². The lowest BCUT2D eigenvalue weighted by Gasteiger charge is -2.10. The third-order valence-corrected chi connectivity index (χ3v) is 4.23. The molecule has 0 saturated heterocycles. The lowest BCUT2D eigenvalue weighted by Crippen LogP contribution is -2.00. The van der Waals surface area contributed by atoms with Gasteiger partial charge in [0.25, 0.3) is 0 Å². The first-order valence-corrected chi connectivity index (χ1v) is 8.31. The Morgan fingerprint density at radius 3 is 2.32 bits per heavy atom. The van der Waals surface area contributed by atoms with Crippen molar-refractivity contribution in [1.29, 1.82) is 0 Å². The lowest BCUT2D eigenvalue weighted by atomic mass is 10.1. The van der Waals surface area contributed by atoms with Crippen LogP contribution in [0.5, 0.6) is 11.5 Å². The second-order valence-electron chi connectivity index (χ2n) is 5.03. The van der Waals surface area contributed by atoms with Crippen LogP contribution < -0.4 is 4.74 Å². The molecule has 0 radical (unpaired) electrons. The summed E-state index contributed by atoms with van der Waals surface area (Å²) in [5.41, 5.74) is 1.40. The Morgan fingerprint density at radius 2 is 1.73 bits per heavy atom. The fraction of sp³-hybridized carbons (Fsp3) is 0.200. The molecule has 2 aromatic carbocycles. The molecule has 0 amide bonds. The molecule has 7 heteroatoms. The van der Waals surface area contributed by atoms with Gasteiger partial charge in [-0.25, -0.2) is 8.42 Å². The summed E-state index contributed by atoms with van der Waals surface area (Å²) in [7, 11) is -3.52. The van der Waals surface area contributed by atoms with E-state index in [0.717, 1.165) is 23.4 Å². The molecule has 0 fully saturated rings. The lowest BCUT2D eigenvalue weighted by molar-refractivity contribution is -0.385. The number of hydrogen-bond donors (Lipinski definition) is 0. The van der Waals surface area contributed by atoms with Gasteiger partial charge in [0.15, 0.2) is 9.84 Å². The fourth-order valence-corrected chi connectivity index (χ4v) is 2.53. The number of hydrogen-bond acceptors (Lipinski definition) is 5. The Hall–Kier alpha value is -2.41. The second-order valence-corrected chi connectivity index (χ2v) is 7.05. The van der Waals surface area contributed by atoms with E-state index in [0.29, 0.717) is 5.75 Å². The molecule has 2 rings (SSSR count). The van der Waals surface area contributed by atoms with Crippen molar-refractivity contribution in [2.45, 2.75) is 18.7 Å². The van der Waals surface area contributed by atoms with Gasteiger partial charge in [-0.2, -0.15) is 0 Å². The molecule has 22 heavy (non-hydrogen) atoms. The summed E-state index contributed by atoms with van der Waals surface area (Å²) in [5, 5.41) is 11.2. The third kappa shape index (κ3) is 3.43. The zero-order chi connectivity index (χ0) is 16.5. The SMILES string of the molecule is Cc1ccc(C)c(Oc2ccc(S(C)(=O)=O)cc2[N+](=O)[O-])c1. The second kappa shape index (κ2) is 5.76. The Kier molecular flexibility index (Phi) is 4.18. The molecule has 2 aromatic rings. The van der Waals surface area contributed by atoms with E-state index in [4.69, 9.17) is 4.74 Å². The fourth-order valence-electron chi connectivity index (χ4n) is 1.89. The maximum Gasteiger partial charge on any atom is 0.312 e. The van der Waals surface area contributed by atoms with Crippen molar-refractivity contribution in [3.05, 3.63) is 57.6 Å². The Labute approximate surface area is 128 Å². The van der Waals surface area contributed by atoms with Crippen LogP contribution in [0.3, 0.4) is 0 Å². The van der Waals surface area contributed by atoms with Crippen molar-refractivity contribution in [3.63, 3.8) is 0 Å². The van der Waals surface area contributed by atoms with Crippen LogP contribution in [0, 0.1) is 24.0 Å². The molecule has 0 aromatic heterocycles. The van der Waals surface area contributed by atoms with Crippen LogP contribution in [0.15, 0.2) is 41.3 Å². The molecular formula is C15H15NO5S. The normalized spacial score (nSPS) is 11.2. The standard InChI is InChI=1S/C15H15NO5S/c1-10-4-5-11(2)15(8-10)21-14-7-6-12(22(3,19)20)9-13(14)16(17)18/h4-9H,1-3H3. The van der Waals surface area contributed by atoms with E-state index < -0.39 is 14.8 Å². The minimum Gasteiger partial charge on any atom is -0.450 e. The van der Waals surface area contributed by atoms with E-state index in [1.165, 1.54) is 12.1 Å². The zero-order valence-corrected chi connectivity index (χ0v) is 13.2. The summed E-state index contributed by atoms with van der Waals surface area (Å²) >= 11 is 0. The minimum absolute atomic E-state index is 0.00565. The van der Waals surface area contributed by atoms with Gasteiger partial charge >= 0.3 is 5.69 Å². The number of sulfone groups is 1. The summed E-state index contributed by atoms with van der Waals surface area (Å²) < 4.78 is 28.6. The Balaban J connectivity index is 2.51. The molecule has 0 N–H and O–H groups in total. The summed E-state index contributed by atoms with van der Waals surface area (Å²) in [6.07, 6.45) is 0.997. The minimum atomic E-state index is -3.52. The first kappa shape index (κ1) is 16.0. The first-order valence-electron chi connectivity index (χ1n) is 6.42. The topological polar surface area (TPSA) is 86.5 Å². The molecule has 6 nitrogen and oxygen atoms in total. The monoisotopic (exact) mass is 321 g/mol. The Bertz CT molecular complexity index is 843. The van der Waals surface area contributed by atoms with E-state index in [9.17, 15) is 18.5 Å². The predicted molar refractivity (Wildman–Crippen MR) is 82.2 cm³/mol. The maximum atomic E-state index is 11.5. The van der Waals surface area contributed by atoms with Gasteiger partial charge in [0.1, 0.15) is 5.75 Å². The van der Waals surface area contributed by atoms with Crippen LogP contribution in [0.4, 0.5) is 5.69 Å². The molecule has 0 heterocycles. The average molecular weight is 321 g/mol. The van der Waals surface area contributed by atoms with Gasteiger partial charge in [-0.05, 0) is 43.2 Å². The van der Waals surface area contributed by atoms with Crippen molar-refractivity contribution in [2.75, 3.05) is 6.26 Å². The van der Waals surface area contributed by atoms with Crippen molar-refractivity contribution in [3.8, 4) is 11.5 Å². The van der Waals surface area contributed by atoms with Gasteiger partial charge < -0.3 is 4.74 Å². The summed E-state index contributed by atoms with van der Waals surface area (Å²) in [5.74, 6) is 0.501. The highest BCUT2D eigenvalue weighted by Gasteiger charge is 2.20. The smallest absolute Gasteiger partial charge is 0.312 e.